The smallest absolute Gasteiger partial charge is 0.250 e. The standard InChI is InChI=1S/C13H23NO3SSi/c1-13(2,3)19(5,6)17-12-8-7-10(9-11(12)14)18(4,15)16/h7-9H,14H2,1-6H3. The first-order valence-corrected chi connectivity index (χ1v) is 10.9. The van der Waals surface area contributed by atoms with Gasteiger partial charge in [0.25, 0.3) is 8.32 Å². The van der Waals surface area contributed by atoms with E-state index in [0.29, 0.717) is 11.4 Å². The van der Waals surface area contributed by atoms with Crippen molar-refractivity contribution in [3.63, 3.8) is 0 Å². The monoisotopic (exact) mass is 301 g/mol. The molecule has 0 bridgehead atoms. The molecule has 4 nitrogen and oxygen atoms in total. The Balaban J connectivity index is 3.13. The van der Waals surface area contributed by atoms with Crippen molar-refractivity contribution in [2.45, 2.75) is 43.8 Å². The van der Waals surface area contributed by atoms with Crippen LogP contribution in [0.3, 0.4) is 0 Å². The molecule has 0 aliphatic carbocycles. The Hall–Kier alpha value is -1.01. The summed E-state index contributed by atoms with van der Waals surface area (Å²) in [6.07, 6.45) is 1.16. The minimum atomic E-state index is -3.24. The summed E-state index contributed by atoms with van der Waals surface area (Å²) in [6, 6.07) is 4.64. The van der Waals surface area contributed by atoms with Crippen LogP contribution in [0.25, 0.3) is 0 Å². The molecule has 0 aliphatic rings. The Morgan fingerprint density at radius 3 is 2.11 bits per heavy atom. The third-order valence-corrected chi connectivity index (χ3v) is 9.03. The van der Waals surface area contributed by atoms with Gasteiger partial charge in [0.05, 0.1) is 10.6 Å². The molecule has 0 amide bonds. The highest BCUT2D eigenvalue weighted by Gasteiger charge is 2.39. The third-order valence-electron chi connectivity index (χ3n) is 3.58. The van der Waals surface area contributed by atoms with Crippen LogP contribution in [0, 0.1) is 0 Å². The summed E-state index contributed by atoms with van der Waals surface area (Å²) in [5.74, 6) is 0.569. The number of benzene rings is 1. The van der Waals surface area contributed by atoms with Gasteiger partial charge >= 0.3 is 0 Å². The molecule has 0 aliphatic heterocycles. The van der Waals surface area contributed by atoms with Gasteiger partial charge in [-0.1, -0.05) is 20.8 Å². The number of nitrogen functional groups attached to an aromatic ring is 1. The molecule has 6 heteroatoms. The fraction of sp³-hybridized carbons (Fsp3) is 0.538. The first-order valence-electron chi connectivity index (χ1n) is 6.13. The second kappa shape index (κ2) is 4.83. The Bertz CT molecular complexity index is 574. The number of nitrogens with two attached hydrogens (primary N) is 1. The maximum absolute atomic E-state index is 11.5. The van der Waals surface area contributed by atoms with E-state index in [9.17, 15) is 8.42 Å². The number of hydrogen-bond acceptors (Lipinski definition) is 4. The van der Waals surface area contributed by atoms with E-state index in [1.165, 1.54) is 12.1 Å². The predicted molar refractivity (Wildman–Crippen MR) is 81.8 cm³/mol. The van der Waals surface area contributed by atoms with Crippen LogP contribution in [0.2, 0.25) is 18.1 Å². The maximum atomic E-state index is 11.5. The summed E-state index contributed by atoms with van der Waals surface area (Å²) in [5, 5.41) is 0.0644. The van der Waals surface area contributed by atoms with Crippen molar-refractivity contribution < 1.29 is 12.8 Å². The molecule has 0 spiro atoms. The van der Waals surface area contributed by atoms with Crippen LogP contribution in [0.5, 0.6) is 5.75 Å². The van der Waals surface area contributed by atoms with Crippen LogP contribution in [-0.4, -0.2) is 23.0 Å². The molecule has 0 heterocycles. The molecule has 108 valence electrons. The molecular weight excluding hydrogens is 278 g/mol. The fourth-order valence-electron chi connectivity index (χ4n) is 1.28. The summed E-state index contributed by atoms with van der Waals surface area (Å²) >= 11 is 0. The van der Waals surface area contributed by atoms with Gasteiger partial charge in [0, 0.05) is 6.26 Å². The van der Waals surface area contributed by atoms with Crippen LogP contribution in [0.15, 0.2) is 23.1 Å². The van der Waals surface area contributed by atoms with E-state index in [2.05, 4.69) is 33.9 Å². The fourth-order valence-corrected chi connectivity index (χ4v) is 2.98. The van der Waals surface area contributed by atoms with Crippen LogP contribution in [0.1, 0.15) is 20.8 Å². The highest BCUT2D eigenvalue weighted by Crippen LogP contribution is 2.39. The van der Waals surface area contributed by atoms with Crippen molar-refractivity contribution in [3.8, 4) is 5.75 Å². The van der Waals surface area contributed by atoms with Gasteiger partial charge in [0.15, 0.2) is 9.84 Å². The summed E-state index contributed by atoms with van der Waals surface area (Å²) in [7, 11) is -5.21. The van der Waals surface area contributed by atoms with E-state index in [1.54, 1.807) is 6.07 Å². The van der Waals surface area contributed by atoms with E-state index in [4.69, 9.17) is 10.2 Å². The highest BCUT2D eigenvalue weighted by molar-refractivity contribution is 7.90. The molecule has 1 aromatic carbocycles. The molecule has 19 heavy (non-hydrogen) atoms. The van der Waals surface area contributed by atoms with E-state index in [-0.39, 0.29) is 9.93 Å². The topological polar surface area (TPSA) is 69.4 Å². The van der Waals surface area contributed by atoms with Gasteiger partial charge in [-0.3, -0.25) is 0 Å². The zero-order chi connectivity index (χ0) is 15.1. The van der Waals surface area contributed by atoms with Gasteiger partial charge in [0.2, 0.25) is 0 Å². The molecule has 0 aromatic heterocycles. The quantitative estimate of drug-likeness (QED) is 0.688. The first kappa shape index (κ1) is 16.0. The zero-order valence-electron chi connectivity index (χ0n) is 12.4. The molecule has 0 saturated heterocycles. The molecular formula is C13H23NO3SSi. The van der Waals surface area contributed by atoms with Gasteiger partial charge < -0.3 is 10.2 Å². The van der Waals surface area contributed by atoms with Crippen molar-refractivity contribution in [2.75, 3.05) is 12.0 Å². The minimum absolute atomic E-state index is 0.0644. The Kier molecular flexibility index (Phi) is 4.08. The third kappa shape index (κ3) is 3.73. The lowest BCUT2D eigenvalue weighted by atomic mass is 10.2. The molecule has 0 unspecified atom stereocenters. The van der Waals surface area contributed by atoms with Crippen molar-refractivity contribution in [2.24, 2.45) is 0 Å². The van der Waals surface area contributed by atoms with Crippen molar-refractivity contribution in [3.05, 3.63) is 18.2 Å². The number of hydrogen-bond donors (Lipinski definition) is 1. The molecule has 0 saturated carbocycles. The van der Waals surface area contributed by atoms with E-state index in [0.717, 1.165) is 6.26 Å². The van der Waals surface area contributed by atoms with Gasteiger partial charge in [-0.2, -0.15) is 0 Å². The first-order chi connectivity index (χ1) is 8.34. The second-order valence-corrected chi connectivity index (χ2v) is 13.1. The molecule has 0 atom stereocenters. The zero-order valence-corrected chi connectivity index (χ0v) is 14.3. The maximum Gasteiger partial charge on any atom is 0.250 e. The number of sulfone groups is 1. The SMILES string of the molecule is CC(C)(C)[Si](C)(C)Oc1ccc(S(C)(=O)=O)cc1N. The number of anilines is 1. The van der Waals surface area contributed by atoms with Crippen molar-refractivity contribution in [1.29, 1.82) is 0 Å². The summed E-state index contributed by atoms with van der Waals surface area (Å²) in [4.78, 5) is 0.215. The number of rotatable bonds is 3. The van der Waals surface area contributed by atoms with Crippen molar-refractivity contribution >= 4 is 23.8 Å². The second-order valence-electron chi connectivity index (χ2n) is 6.33. The Morgan fingerprint density at radius 2 is 1.74 bits per heavy atom. The average Bonchev–Trinajstić information content (AvgIpc) is 2.17. The Labute approximate surface area is 117 Å². The van der Waals surface area contributed by atoms with Crippen LogP contribution in [0.4, 0.5) is 5.69 Å². The normalized spacial score (nSPS) is 13.4. The molecule has 1 aromatic rings. The van der Waals surface area contributed by atoms with Gasteiger partial charge in [-0.05, 0) is 36.3 Å². The van der Waals surface area contributed by atoms with Gasteiger partial charge in [-0.25, -0.2) is 8.42 Å². The predicted octanol–water partition coefficient (Wildman–Crippen LogP) is 3.06. The molecule has 0 radical (unpaired) electrons. The summed E-state index contributed by atoms with van der Waals surface area (Å²) in [6.45, 7) is 10.7. The van der Waals surface area contributed by atoms with E-state index >= 15 is 0 Å². The molecule has 0 fully saturated rings. The van der Waals surface area contributed by atoms with Crippen LogP contribution < -0.4 is 10.2 Å². The van der Waals surface area contributed by atoms with Crippen molar-refractivity contribution in [1.82, 2.24) is 0 Å². The largest absolute Gasteiger partial charge is 0.542 e. The molecule has 2 N–H and O–H groups in total. The van der Waals surface area contributed by atoms with Crippen LogP contribution >= 0.6 is 0 Å². The van der Waals surface area contributed by atoms with Crippen LogP contribution in [-0.2, 0) is 9.84 Å². The van der Waals surface area contributed by atoms with E-state index in [1.807, 2.05) is 0 Å². The Morgan fingerprint density at radius 1 is 1.21 bits per heavy atom. The molecule has 1 rings (SSSR count). The van der Waals surface area contributed by atoms with Gasteiger partial charge in [0.1, 0.15) is 5.75 Å². The summed E-state index contributed by atoms with van der Waals surface area (Å²) in [5.41, 5.74) is 6.27. The lowest BCUT2D eigenvalue weighted by molar-refractivity contribution is 0.493. The highest BCUT2D eigenvalue weighted by atomic mass is 32.2. The lowest BCUT2D eigenvalue weighted by Crippen LogP contribution is -2.44. The average molecular weight is 301 g/mol. The minimum Gasteiger partial charge on any atom is -0.542 e. The van der Waals surface area contributed by atoms with Gasteiger partial charge in [-0.15, -0.1) is 0 Å². The lowest BCUT2D eigenvalue weighted by Gasteiger charge is -2.36. The van der Waals surface area contributed by atoms with E-state index < -0.39 is 18.2 Å². The summed E-state index contributed by atoms with van der Waals surface area (Å²) < 4.78 is 29.0.